The summed E-state index contributed by atoms with van der Waals surface area (Å²) < 4.78 is 4.98. The van der Waals surface area contributed by atoms with Crippen LogP contribution in [0.25, 0.3) is 0 Å². The predicted octanol–water partition coefficient (Wildman–Crippen LogP) is 1.39. The first-order valence-electron chi connectivity index (χ1n) is 5.15. The molecule has 0 aliphatic heterocycles. The van der Waals surface area contributed by atoms with Crippen LogP contribution >= 0.6 is 0 Å². The van der Waals surface area contributed by atoms with Crippen LogP contribution in [-0.4, -0.2) is 29.1 Å². The average Bonchev–Trinajstić information content (AvgIpc) is 2.25. The van der Waals surface area contributed by atoms with Crippen LogP contribution in [-0.2, 0) is 14.3 Å². The molecule has 0 rings (SSSR count). The molecular weight excluding hydrogens is 208 g/mol. The molecule has 0 fully saturated rings. The maximum Gasteiger partial charge on any atom is 0.309 e. The summed E-state index contributed by atoms with van der Waals surface area (Å²) in [7, 11) is 0. The first-order valence-corrected chi connectivity index (χ1v) is 5.15. The SMILES string of the molecule is C=CC(=O)CC[C@@H](C)OC(=O)C[C@H](O)C=C. The zero-order valence-corrected chi connectivity index (χ0v) is 9.52. The summed E-state index contributed by atoms with van der Waals surface area (Å²) in [6.07, 6.45) is 1.96. The lowest BCUT2D eigenvalue weighted by Crippen LogP contribution is -2.19. The Morgan fingerprint density at radius 1 is 1.44 bits per heavy atom. The smallest absolute Gasteiger partial charge is 0.309 e. The number of carbonyl (C=O) groups is 2. The van der Waals surface area contributed by atoms with Crippen molar-refractivity contribution in [2.45, 2.75) is 38.4 Å². The zero-order chi connectivity index (χ0) is 12.6. The Labute approximate surface area is 95.6 Å². The van der Waals surface area contributed by atoms with Gasteiger partial charge in [-0.2, -0.15) is 0 Å². The highest BCUT2D eigenvalue weighted by molar-refractivity contribution is 5.88. The van der Waals surface area contributed by atoms with E-state index in [2.05, 4.69) is 13.2 Å². The van der Waals surface area contributed by atoms with Gasteiger partial charge >= 0.3 is 5.97 Å². The van der Waals surface area contributed by atoms with Crippen molar-refractivity contribution >= 4 is 11.8 Å². The molecule has 0 aliphatic carbocycles. The van der Waals surface area contributed by atoms with Crippen molar-refractivity contribution < 1.29 is 19.4 Å². The molecule has 16 heavy (non-hydrogen) atoms. The Hall–Kier alpha value is -1.42. The molecule has 0 unspecified atom stereocenters. The van der Waals surface area contributed by atoms with Gasteiger partial charge in [0.25, 0.3) is 0 Å². The first-order chi connectivity index (χ1) is 7.49. The number of aliphatic hydroxyl groups excluding tert-OH is 1. The fraction of sp³-hybridized carbons (Fsp3) is 0.500. The zero-order valence-electron chi connectivity index (χ0n) is 9.52. The molecular formula is C12H18O4. The molecule has 0 radical (unpaired) electrons. The minimum atomic E-state index is -0.880. The van der Waals surface area contributed by atoms with E-state index in [0.717, 1.165) is 0 Å². The highest BCUT2D eigenvalue weighted by atomic mass is 16.5. The van der Waals surface area contributed by atoms with E-state index in [1.54, 1.807) is 6.92 Å². The topological polar surface area (TPSA) is 63.6 Å². The number of carbonyl (C=O) groups excluding carboxylic acids is 2. The number of ether oxygens (including phenoxy) is 1. The molecule has 0 spiro atoms. The van der Waals surface area contributed by atoms with Crippen LogP contribution in [0.4, 0.5) is 0 Å². The van der Waals surface area contributed by atoms with Crippen LogP contribution in [0.3, 0.4) is 0 Å². The lowest BCUT2D eigenvalue weighted by atomic mass is 10.1. The van der Waals surface area contributed by atoms with Gasteiger partial charge < -0.3 is 9.84 Å². The van der Waals surface area contributed by atoms with Gasteiger partial charge in [0.2, 0.25) is 0 Å². The maximum absolute atomic E-state index is 11.2. The number of hydrogen-bond acceptors (Lipinski definition) is 4. The Kier molecular flexibility index (Phi) is 7.12. The van der Waals surface area contributed by atoms with Crippen molar-refractivity contribution in [3.05, 3.63) is 25.3 Å². The summed E-state index contributed by atoms with van der Waals surface area (Å²) in [6.45, 7) is 8.40. The summed E-state index contributed by atoms with van der Waals surface area (Å²) in [5.41, 5.74) is 0. The molecule has 0 aromatic carbocycles. The molecule has 0 aliphatic rings. The van der Waals surface area contributed by atoms with Gasteiger partial charge in [-0.1, -0.05) is 12.7 Å². The molecule has 90 valence electrons. The molecule has 0 saturated heterocycles. The number of hydrogen-bond donors (Lipinski definition) is 1. The van der Waals surface area contributed by atoms with E-state index in [0.29, 0.717) is 12.8 Å². The molecule has 0 heterocycles. The lowest BCUT2D eigenvalue weighted by molar-refractivity contribution is -0.150. The molecule has 4 nitrogen and oxygen atoms in total. The van der Waals surface area contributed by atoms with E-state index in [1.165, 1.54) is 12.2 Å². The van der Waals surface area contributed by atoms with Crippen LogP contribution in [0.5, 0.6) is 0 Å². The van der Waals surface area contributed by atoms with Gasteiger partial charge in [0.1, 0.15) is 0 Å². The number of ketones is 1. The van der Waals surface area contributed by atoms with Gasteiger partial charge in [0.15, 0.2) is 5.78 Å². The van der Waals surface area contributed by atoms with E-state index in [4.69, 9.17) is 9.84 Å². The number of esters is 1. The highest BCUT2D eigenvalue weighted by Gasteiger charge is 2.13. The Bertz CT molecular complexity index is 270. The van der Waals surface area contributed by atoms with Crippen LogP contribution < -0.4 is 0 Å². The van der Waals surface area contributed by atoms with Crippen molar-refractivity contribution in [3.63, 3.8) is 0 Å². The largest absolute Gasteiger partial charge is 0.463 e. The van der Waals surface area contributed by atoms with E-state index in [9.17, 15) is 9.59 Å². The second-order valence-corrected chi connectivity index (χ2v) is 3.52. The van der Waals surface area contributed by atoms with Crippen molar-refractivity contribution in [1.82, 2.24) is 0 Å². The fourth-order valence-corrected chi connectivity index (χ4v) is 1.03. The summed E-state index contributed by atoms with van der Waals surface area (Å²) in [5, 5.41) is 9.11. The highest BCUT2D eigenvalue weighted by Crippen LogP contribution is 2.05. The minimum Gasteiger partial charge on any atom is -0.463 e. The van der Waals surface area contributed by atoms with Crippen molar-refractivity contribution in [1.29, 1.82) is 0 Å². The van der Waals surface area contributed by atoms with Gasteiger partial charge in [0.05, 0.1) is 18.6 Å². The predicted molar refractivity (Wildman–Crippen MR) is 60.8 cm³/mol. The van der Waals surface area contributed by atoms with Gasteiger partial charge in [0, 0.05) is 6.42 Å². The van der Waals surface area contributed by atoms with Crippen LogP contribution in [0.1, 0.15) is 26.2 Å². The second-order valence-electron chi connectivity index (χ2n) is 3.52. The molecule has 2 atom stereocenters. The van der Waals surface area contributed by atoms with E-state index in [-0.39, 0.29) is 18.3 Å². The Morgan fingerprint density at radius 2 is 2.06 bits per heavy atom. The summed E-state index contributed by atoms with van der Waals surface area (Å²) in [6, 6.07) is 0. The molecule has 4 heteroatoms. The standard InChI is InChI=1S/C12H18O4/c1-4-10(13)7-6-9(3)16-12(15)8-11(14)5-2/h4-5,9,11,14H,1-2,6-8H2,3H3/t9-,11-/m1/s1. The third-order valence-corrected chi connectivity index (χ3v) is 2.01. The molecule has 0 saturated carbocycles. The van der Waals surface area contributed by atoms with Gasteiger partial charge in [-0.05, 0) is 19.4 Å². The summed E-state index contributed by atoms with van der Waals surface area (Å²) in [5.74, 6) is -0.569. The second kappa shape index (κ2) is 7.82. The van der Waals surface area contributed by atoms with Gasteiger partial charge in [-0.25, -0.2) is 0 Å². The minimum absolute atomic E-state index is 0.0750. The molecule has 0 aromatic rings. The molecule has 0 bridgehead atoms. The third kappa shape index (κ3) is 6.95. The first kappa shape index (κ1) is 14.6. The van der Waals surface area contributed by atoms with Gasteiger partial charge in [-0.15, -0.1) is 6.58 Å². The van der Waals surface area contributed by atoms with Crippen LogP contribution in [0.15, 0.2) is 25.3 Å². The van der Waals surface area contributed by atoms with E-state index < -0.39 is 12.1 Å². The van der Waals surface area contributed by atoms with Crippen LogP contribution in [0.2, 0.25) is 0 Å². The number of aliphatic hydroxyl groups is 1. The maximum atomic E-state index is 11.2. The molecule has 0 amide bonds. The monoisotopic (exact) mass is 226 g/mol. The summed E-state index contributed by atoms with van der Waals surface area (Å²) in [4.78, 5) is 22.1. The number of allylic oxidation sites excluding steroid dienone is 1. The Balaban J connectivity index is 3.82. The van der Waals surface area contributed by atoms with Gasteiger partial charge in [-0.3, -0.25) is 9.59 Å². The average molecular weight is 226 g/mol. The van der Waals surface area contributed by atoms with Crippen molar-refractivity contribution in [3.8, 4) is 0 Å². The van der Waals surface area contributed by atoms with E-state index in [1.807, 2.05) is 0 Å². The van der Waals surface area contributed by atoms with Crippen molar-refractivity contribution in [2.24, 2.45) is 0 Å². The number of rotatable bonds is 8. The van der Waals surface area contributed by atoms with Crippen LogP contribution in [0, 0.1) is 0 Å². The summed E-state index contributed by atoms with van der Waals surface area (Å²) >= 11 is 0. The third-order valence-electron chi connectivity index (χ3n) is 2.01. The normalized spacial score (nSPS) is 13.6. The molecule has 0 aromatic heterocycles. The van der Waals surface area contributed by atoms with Crippen molar-refractivity contribution in [2.75, 3.05) is 0 Å². The van der Waals surface area contributed by atoms with E-state index >= 15 is 0 Å². The molecule has 1 N–H and O–H groups in total. The quantitative estimate of drug-likeness (QED) is 0.386. The lowest BCUT2D eigenvalue weighted by Gasteiger charge is -2.13. The fourth-order valence-electron chi connectivity index (χ4n) is 1.03. The Morgan fingerprint density at radius 3 is 2.56 bits per heavy atom.